The molecule has 0 atom stereocenters. The number of hydrogen-bond acceptors (Lipinski definition) is 7. The first-order valence-corrected chi connectivity index (χ1v) is 7.24. The summed E-state index contributed by atoms with van der Waals surface area (Å²) in [5, 5.41) is 11.4. The Bertz CT molecular complexity index is 769. The van der Waals surface area contributed by atoms with Crippen LogP contribution in [0.3, 0.4) is 0 Å². The summed E-state index contributed by atoms with van der Waals surface area (Å²) in [6.07, 6.45) is 1.26. The number of ether oxygens (including phenoxy) is 2. The zero-order chi connectivity index (χ0) is 16.2. The second-order valence-electron chi connectivity index (χ2n) is 5.13. The Labute approximate surface area is 131 Å². The first-order valence-electron chi connectivity index (χ1n) is 7.24. The zero-order valence-electron chi connectivity index (χ0n) is 12.4. The number of nitrogens with zero attached hydrogens (tertiary/aromatic N) is 3. The molecule has 0 aliphatic carbocycles. The van der Waals surface area contributed by atoms with Crippen LogP contribution in [0.15, 0.2) is 23.3 Å². The molecule has 1 aliphatic heterocycles. The van der Waals surface area contributed by atoms with Gasteiger partial charge in [0.25, 0.3) is 5.56 Å². The third kappa shape index (κ3) is 3.46. The molecular formula is C14H16N4O5. The molecule has 0 radical (unpaired) electrons. The molecule has 1 aromatic heterocycles. The van der Waals surface area contributed by atoms with E-state index in [1.165, 1.54) is 18.5 Å². The summed E-state index contributed by atoms with van der Waals surface area (Å²) < 4.78 is 10.8. The molecule has 9 heteroatoms. The number of aromatic amines is 1. The summed E-state index contributed by atoms with van der Waals surface area (Å²) in [4.78, 5) is 30.9. The van der Waals surface area contributed by atoms with Crippen LogP contribution >= 0.6 is 0 Å². The summed E-state index contributed by atoms with van der Waals surface area (Å²) in [5.41, 5.74) is -0.295. The second kappa shape index (κ2) is 6.71. The fraction of sp³-hybridized carbons (Fsp3) is 0.429. The molecule has 0 bridgehead atoms. The molecule has 0 unspecified atom stereocenters. The molecule has 0 amide bonds. The molecule has 23 heavy (non-hydrogen) atoms. The molecule has 1 N–H and O–H groups in total. The van der Waals surface area contributed by atoms with Gasteiger partial charge in [-0.1, -0.05) is 0 Å². The van der Waals surface area contributed by atoms with Crippen molar-refractivity contribution in [2.24, 2.45) is 0 Å². The number of nitro benzene ring substituents is 1. The Morgan fingerprint density at radius 2 is 2.17 bits per heavy atom. The minimum absolute atomic E-state index is 0.137. The van der Waals surface area contributed by atoms with Crippen molar-refractivity contribution in [3.63, 3.8) is 0 Å². The van der Waals surface area contributed by atoms with Crippen LogP contribution in [0.2, 0.25) is 0 Å². The lowest BCUT2D eigenvalue weighted by Gasteiger charge is -2.26. The summed E-state index contributed by atoms with van der Waals surface area (Å²) in [7, 11) is 0. The Morgan fingerprint density at radius 3 is 2.91 bits per heavy atom. The number of rotatable bonds is 5. The molecule has 3 rings (SSSR count). The highest BCUT2D eigenvalue weighted by atomic mass is 16.6. The molecule has 1 fully saturated rings. The van der Waals surface area contributed by atoms with E-state index in [0.717, 1.165) is 13.1 Å². The van der Waals surface area contributed by atoms with E-state index in [-0.39, 0.29) is 16.8 Å². The van der Waals surface area contributed by atoms with E-state index in [2.05, 4.69) is 14.9 Å². The van der Waals surface area contributed by atoms with Gasteiger partial charge < -0.3 is 14.5 Å². The minimum atomic E-state index is -0.560. The van der Waals surface area contributed by atoms with Crippen LogP contribution < -0.4 is 10.3 Å². The van der Waals surface area contributed by atoms with Gasteiger partial charge in [-0.05, 0) is 0 Å². The molecule has 0 spiro atoms. The second-order valence-corrected chi connectivity index (χ2v) is 5.13. The fourth-order valence-electron chi connectivity index (χ4n) is 2.46. The number of nitrogens with one attached hydrogen (secondary N) is 1. The van der Waals surface area contributed by atoms with Crippen molar-refractivity contribution >= 4 is 16.6 Å². The normalized spacial score (nSPS) is 15.7. The number of nitro groups is 1. The predicted octanol–water partition coefficient (Wildman–Crippen LogP) is 0.542. The molecule has 2 heterocycles. The maximum Gasteiger partial charge on any atom is 0.311 e. The first-order chi connectivity index (χ1) is 11.1. The van der Waals surface area contributed by atoms with Crippen molar-refractivity contribution < 1.29 is 14.4 Å². The average Bonchev–Trinajstić information content (AvgIpc) is 2.55. The van der Waals surface area contributed by atoms with Gasteiger partial charge in [-0.3, -0.25) is 19.8 Å². The van der Waals surface area contributed by atoms with Crippen LogP contribution in [0.5, 0.6) is 5.75 Å². The van der Waals surface area contributed by atoms with E-state index in [9.17, 15) is 14.9 Å². The van der Waals surface area contributed by atoms with Crippen LogP contribution in [0.4, 0.5) is 5.69 Å². The Morgan fingerprint density at radius 1 is 1.39 bits per heavy atom. The number of benzene rings is 1. The minimum Gasteiger partial charge on any atom is -0.485 e. The van der Waals surface area contributed by atoms with Gasteiger partial charge in [0.05, 0.1) is 35.4 Å². The number of aromatic nitrogens is 2. The summed E-state index contributed by atoms with van der Waals surface area (Å²) >= 11 is 0. The standard InChI is InChI=1S/C14H16N4O5/c19-14-10-7-12(18(20)21)13(8-11(10)15-9-16-14)23-6-3-17-1-4-22-5-2-17/h7-9H,1-6H2,(H,15,16,19). The molecule has 1 saturated heterocycles. The van der Waals surface area contributed by atoms with Crippen molar-refractivity contribution in [3.8, 4) is 5.75 Å². The van der Waals surface area contributed by atoms with Gasteiger partial charge in [0, 0.05) is 31.8 Å². The summed E-state index contributed by atoms with van der Waals surface area (Å²) in [6.45, 7) is 3.99. The summed E-state index contributed by atoms with van der Waals surface area (Å²) in [5.74, 6) is 0.137. The van der Waals surface area contributed by atoms with Gasteiger partial charge in [-0.25, -0.2) is 0 Å². The lowest BCUT2D eigenvalue weighted by Crippen LogP contribution is -2.38. The highest BCUT2D eigenvalue weighted by molar-refractivity contribution is 5.82. The number of hydrogen-bond donors (Lipinski definition) is 1. The van der Waals surface area contributed by atoms with Gasteiger partial charge >= 0.3 is 5.69 Å². The van der Waals surface area contributed by atoms with Crippen LogP contribution in [-0.4, -0.2) is 59.2 Å². The van der Waals surface area contributed by atoms with E-state index in [1.54, 1.807) is 0 Å². The van der Waals surface area contributed by atoms with Gasteiger partial charge in [0.15, 0.2) is 5.75 Å². The SMILES string of the molecule is O=c1nc[nH]c2cc(OCCN3CCOCC3)c([N+](=O)[O-])cc12. The van der Waals surface area contributed by atoms with E-state index in [4.69, 9.17) is 9.47 Å². The smallest absolute Gasteiger partial charge is 0.311 e. The lowest BCUT2D eigenvalue weighted by atomic mass is 10.2. The molecule has 1 aliphatic rings. The highest BCUT2D eigenvalue weighted by Crippen LogP contribution is 2.30. The maximum absolute atomic E-state index is 11.7. The maximum atomic E-state index is 11.7. The van der Waals surface area contributed by atoms with Gasteiger partial charge in [-0.15, -0.1) is 0 Å². The summed E-state index contributed by atoms with van der Waals surface area (Å²) in [6, 6.07) is 2.67. The van der Waals surface area contributed by atoms with Crippen molar-refractivity contribution in [1.82, 2.24) is 14.9 Å². The third-order valence-corrected chi connectivity index (χ3v) is 3.70. The first kappa shape index (κ1) is 15.4. The van der Waals surface area contributed by atoms with Gasteiger partial charge in [-0.2, -0.15) is 4.98 Å². The monoisotopic (exact) mass is 320 g/mol. The van der Waals surface area contributed by atoms with E-state index >= 15 is 0 Å². The molecule has 122 valence electrons. The van der Waals surface area contributed by atoms with Crippen molar-refractivity contribution in [2.75, 3.05) is 39.5 Å². The molecule has 2 aromatic rings. The number of morpholine rings is 1. The van der Waals surface area contributed by atoms with Gasteiger partial charge in [0.2, 0.25) is 0 Å². The fourth-order valence-corrected chi connectivity index (χ4v) is 2.46. The van der Waals surface area contributed by atoms with Crippen LogP contribution in [-0.2, 0) is 4.74 Å². The molecule has 9 nitrogen and oxygen atoms in total. The Hall–Kier alpha value is -2.52. The van der Waals surface area contributed by atoms with Crippen LogP contribution in [0, 0.1) is 10.1 Å². The molecular weight excluding hydrogens is 304 g/mol. The van der Waals surface area contributed by atoms with Crippen molar-refractivity contribution in [2.45, 2.75) is 0 Å². The van der Waals surface area contributed by atoms with Gasteiger partial charge in [0.1, 0.15) is 6.61 Å². The number of fused-ring (bicyclic) bond motifs is 1. The van der Waals surface area contributed by atoms with Crippen molar-refractivity contribution in [3.05, 3.63) is 38.9 Å². The van der Waals surface area contributed by atoms with E-state index < -0.39 is 10.5 Å². The Balaban J connectivity index is 1.79. The number of H-pyrrole nitrogens is 1. The van der Waals surface area contributed by atoms with Crippen molar-refractivity contribution in [1.29, 1.82) is 0 Å². The Kier molecular flexibility index (Phi) is 4.49. The van der Waals surface area contributed by atoms with E-state index in [0.29, 0.717) is 31.9 Å². The average molecular weight is 320 g/mol. The molecule has 0 saturated carbocycles. The largest absolute Gasteiger partial charge is 0.485 e. The quantitative estimate of drug-likeness (QED) is 0.632. The predicted molar refractivity (Wildman–Crippen MR) is 81.8 cm³/mol. The lowest BCUT2D eigenvalue weighted by molar-refractivity contribution is -0.385. The zero-order valence-corrected chi connectivity index (χ0v) is 12.4. The topological polar surface area (TPSA) is 111 Å². The molecule has 1 aromatic carbocycles. The highest BCUT2D eigenvalue weighted by Gasteiger charge is 2.19. The van der Waals surface area contributed by atoms with Crippen LogP contribution in [0.1, 0.15) is 0 Å². The third-order valence-electron chi connectivity index (χ3n) is 3.70. The van der Waals surface area contributed by atoms with E-state index in [1.807, 2.05) is 0 Å². The van der Waals surface area contributed by atoms with Crippen LogP contribution in [0.25, 0.3) is 10.9 Å².